The highest BCUT2D eigenvalue weighted by Gasteiger charge is 2.39. The molecule has 3 aromatic rings. The summed E-state index contributed by atoms with van der Waals surface area (Å²) >= 11 is 5.94. The second kappa shape index (κ2) is 8.34. The number of aromatic nitrogens is 2. The molecule has 0 atom stereocenters. The Hall–Kier alpha value is -3.91. The molecule has 2 aromatic heterocycles. The molecular formula is C27H21BClF2N2O3-. The van der Waals surface area contributed by atoms with Gasteiger partial charge in [-0.2, -0.15) is 0 Å². The van der Waals surface area contributed by atoms with Crippen LogP contribution in [-0.4, -0.2) is 32.8 Å². The van der Waals surface area contributed by atoms with E-state index in [1.54, 1.807) is 63.3 Å². The number of aryl methyl sites for hydroxylation is 3. The van der Waals surface area contributed by atoms with Crippen LogP contribution in [-0.2, 0) is 4.79 Å². The SMILES string of the molecule is Cc1cc(C)n2c1C(c1ccc(C(=O)O)cc1)=c1c(C)cc(=CC=C3C=CC(=O)C(Cl)=C3)n1[B-]2(F)F. The lowest BCUT2D eigenvalue weighted by molar-refractivity contribution is -0.110. The van der Waals surface area contributed by atoms with Crippen LogP contribution < -0.4 is 10.7 Å². The Morgan fingerprint density at radius 1 is 1.00 bits per heavy atom. The second-order valence-electron chi connectivity index (χ2n) is 9.03. The average molecular weight is 506 g/mol. The Balaban J connectivity index is 1.85. The van der Waals surface area contributed by atoms with Crippen molar-refractivity contribution in [2.45, 2.75) is 20.8 Å². The van der Waals surface area contributed by atoms with Crippen molar-refractivity contribution in [3.8, 4) is 0 Å². The van der Waals surface area contributed by atoms with Gasteiger partial charge in [0, 0.05) is 22.0 Å². The zero-order chi connectivity index (χ0) is 25.9. The third kappa shape index (κ3) is 3.60. The van der Waals surface area contributed by atoms with Crippen molar-refractivity contribution in [1.29, 1.82) is 0 Å². The molecule has 0 fully saturated rings. The molecule has 5 nitrogen and oxygen atoms in total. The number of carboxylic acid groups (broad SMARTS) is 1. The summed E-state index contributed by atoms with van der Waals surface area (Å²) < 4.78 is 34.6. The van der Waals surface area contributed by atoms with Gasteiger partial charge in [-0.15, -0.1) is 0 Å². The number of hydrogen-bond donors (Lipinski definition) is 1. The molecule has 3 heterocycles. The predicted octanol–water partition coefficient (Wildman–Crippen LogP) is 4.21. The fourth-order valence-corrected chi connectivity index (χ4v) is 5.27. The van der Waals surface area contributed by atoms with Gasteiger partial charge in [0.2, 0.25) is 0 Å². The summed E-state index contributed by atoms with van der Waals surface area (Å²) in [5, 5.41) is 10.0. The van der Waals surface area contributed by atoms with E-state index in [0.29, 0.717) is 49.9 Å². The van der Waals surface area contributed by atoms with Crippen LogP contribution in [0.15, 0.2) is 71.3 Å². The van der Waals surface area contributed by atoms with E-state index in [0.717, 1.165) is 8.96 Å². The maximum atomic E-state index is 16.2. The predicted molar refractivity (Wildman–Crippen MR) is 137 cm³/mol. The van der Waals surface area contributed by atoms with Crippen molar-refractivity contribution < 1.29 is 23.3 Å². The smallest absolute Gasteiger partial charge is 0.478 e. The topological polar surface area (TPSA) is 64.2 Å². The maximum absolute atomic E-state index is 16.2. The summed E-state index contributed by atoms with van der Waals surface area (Å²) in [6.45, 7) is 1.00. The molecule has 36 heavy (non-hydrogen) atoms. The lowest BCUT2D eigenvalue weighted by Crippen LogP contribution is -2.57. The lowest BCUT2D eigenvalue weighted by atomic mass is 9.87. The summed E-state index contributed by atoms with van der Waals surface area (Å²) in [6, 6.07) is 9.70. The van der Waals surface area contributed by atoms with Gasteiger partial charge in [-0.05, 0) is 91.2 Å². The zero-order valence-electron chi connectivity index (χ0n) is 19.7. The van der Waals surface area contributed by atoms with Crippen molar-refractivity contribution in [3.63, 3.8) is 0 Å². The minimum absolute atomic E-state index is 0.0589. The second-order valence-corrected chi connectivity index (χ2v) is 9.43. The zero-order valence-corrected chi connectivity index (χ0v) is 20.5. The van der Waals surface area contributed by atoms with Crippen LogP contribution in [0.5, 0.6) is 0 Å². The van der Waals surface area contributed by atoms with Gasteiger partial charge in [-0.3, -0.25) is 4.79 Å². The van der Waals surface area contributed by atoms with Gasteiger partial charge in [0.1, 0.15) is 0 Å². The Morgan fingerprint density at radius 3 is 2.33 bits per heavy atom. The van der Waals surface area contributed by atoms with E-state index >= 15 is 8.63 Å². The molecule has 2 aliphatic rings. The van der Waals surface area contributed by atoms with Crippen molar-refractivity contribution in [3.05, 3.63) is 116 Å². The minimum Gasteiger partial charge on any atom is -0.478 e. The Bertz CT molecular complexity index is 1690. The molecule has 0 bridgehead atoms. The molecule has 0 saturated heterocycles. The first kappa shape index (κ1) is 23.8. The van der Waals surface area contributed by atoms with Crippen molar-refractivity contribution in [1.82, 2.24) is 8.96 Å². The molecule has 1 N–H and O–H groups in total. The van der Waals surface area contributed by atoms with E-state index in [-0.39, 0.29) is 16.4 Å². The molecule has 182 valence electrons. The highest BCUT2D eigenvalue weighted by molar-refractivity contribution is 6.63. The molecular weight excluding hydrogens is 485 g/mol. The molecule has 0 spiro atoms. The van der Waals surface area contributed by atoms with Gasteiger partial charge in [0.05, 0.1) is 10.6 Å². The first-order chi connectivity index (χ1) is 17.0. The summed E-state index contributed by atoms with van der Waals surface area (Å²) in [5.41, 5.74) is 4.20. The number of benzene rings is 1. The number of aromatic carboxylic acids is 1. The molecule has 9 heteroatoms. The first-order valence-electron chi connectivity index (χ1n) is 11.3. The fraction of sp³-hybridized carbons (Fsp3) is 0.111. The lowest BCUT2D eigenvalue weighted by Gasteiger charge is -2.38. The maximum Gasteiger partial charge on any atom is 0.533 e. The summed E-state index contributed by atoms with van der Waals surface area (Å²) in [6.07, 6.45) is 7.65. The molecule has 1 aliphatic heterocycles. The van der Waals surface area contributed by atoms with E-state index in [2.05, 4.69) is 0 Å². The first-order valence-corrected chi connectivity index (χ1v) is 11.7. The van der Waals surface area contributed by atoms with Gasteiger partial charge in [0.25, 0.3) is 0 Å². The number of fused-ring (bicyclic) bond motifs is 2. The van der Waals surface area contributed by atoms with Gasteiger partial charge in [-0.1, -0.05) is 35.9 Å². The molecule has 1 aliphatic carbocycles. The van der Waals surface area contributed by atoms with Gasteiger partial charge in [-0.25, -0.2) is 4.79 Å². The number of ketones is 1. The molecule has 0 unspecified atom stereocenters. The van der Waals surface area contributed by atoms with Crippen molar-refractivity contribution >= 4 is 42.0 Å². The van der Waals surface area contributed by atoms with Gasteiger partial charge < -0.3 is 22.7 Å². The van der Waals surface area contributed by atoms with Crippen LogP contribution in [0.2, 0.25) is 0 Å². The van der Waals surface area contributed by atoms with Crippen LogP contribution in [0.1, 0.15) is 38.4 Å². The number of allylic oxidation sites excluding steroid dienone is 6. The molecule has 0 radical (unpaired) electrons. The van der Waals surface area contributed by atoms with Crippen molar-refractivity contribution in [2.24, 2.45) is 0 Å². The standard InChI is InChI=1S/C27H21BClF2N2O3/c1-15-12-17(3)32-25(15)24(19-6-8-20(9-7-19)27(35)36)26-16(2)13-21(33(26)28(32,30)31)10-4-18-5-11-23(34)22(29)14-18/h4-14H,1-3H3,(H,35,36)/q-1. The largest absolute Gasteiger partial charge is 0.533 e. The molecule has 5 rings (SSSR count). The summed E-state index contributed by atoms with van der Waals surface area (Å²) in [5.74, 6) is -1.36. The highest BCUT2D eigenvalue weighted by atomic mass is 35.5. The summed E-state index contributed by atoms with van der Waals surface area (Å²) in [4.78, 5) is 23.0. The monoisotopic (exact) mass is 505 g/mol. The average Bonchev–Trinajstić information content (AvgIpc) is 3.32. The fourth-order valence-electron chi connectivity index (χ4n) is 5.08. The Morgan fingerprint density at radius 2 is 1.69 bits per heavy atom. The molecule has 1 aromatic carbocycles. The normalized spacial score (nSPS) is 17.9. The van der Waals surface area contributed by atoms with E-state index in [1.165, 1.54) is 24.3 Å². The van der Waals surface area contributed by atoms with E-state index in [1.807, 2.05) is 0 Å². The van der Waals surface area contributed by atoms with Crippen LogP contribution in [0.4, 0.5) is 8.63 Å². The van der Waals surface area contributed by atoms with Gasteiger partial charge >= 0.3 is 12.9 Å². The Labute approximate surface area is 210 Å². The van der Waals surface area contributed by atoms with Crippen LogP contribution in [0.25, 0.3) is 11.6 Å². The molecule has 0 amide bonds. The van der Waals surface area contributed by atoms with E-state index in [4.69, 9.17) is 11.6 Å². The number of carbonyl (C=O) groups is 2. The van der Waals surface area contributed by atoms with E-state index in [9.17, 15) is 14.7 Å². The number of rotatable bonds is 3. The number of carbonyl (C=O) groups excluding carboxylic acids is 1. The van der Waals surface area contributed by atoms with Crippen LogP contribution >= 0.6 is 11.6 Å². The minimum atomic E-state index is -4.23. The Kier molecular flexibility index (Phi) is 5.52. The summed E-state index contributed by atoms with van der Waals surface area (Å²) in [7, 11) is 0. The van der Waals surface area contributed by atoms with Crippen molar-refractivity contribution in [2.75, 3.05) is 0 Å². The number of halogens is 3. The number of hydrogen-bond acceptors (Lipinski definition) is 2. The van der Waals surface area contributed by atoms with Gasteiger partial charge in [0.15, 0.2) is 5.78 Å². The molecule has 0 saturated carbocycles. The van der Waals surface area contributed by atoms with Crippen LogP contribution in [0, 0.1) is 20.8 Å². The quantitative estimate of drug-likeness (QED) is 0.543. The number of carboxylic acids is 1. The van der Waals surface area contributed by atoms with Crippen LogP contribution in [0.3, 0.4) is 0 Å². The third-order valence-corrected chi connectivity index (χ3v) is 6.89. The van der Waals surface area contributed by atoms with E-state index < -0.39 is 12.9 Å². The number of nitrogens with zero attached hydrogens (tertiary/aromatic N) is 2. The highest BCUT2D eigenvalue weighted by Crippen LogP contribution is 2.34. The third-order valence-electron chi connectivity index (χ3n) is 6.59.